The normalized spacial score (nSPS) is 11.1. The van der Waals surface area contributed by atoms with Gasteiger partial charge in [-0.1, -0.05) is 46.4 Å². The minimum atomic E-state index is -0.373. The van der Waals surface area contributed by atoms with Gasteiger partial charge in [-0.15, -0.1) is 9.24 Å². The Morgan fingerprint density at radius 2 is 1.19 bits per heavy atom. The van der Waals surface area contributed by atoms with Crippen molar-refractivity contribution in [2.24, 2.45) is 0 Å². The van der Waals surface area contributed by atoms with E-state index in [1.165, 1.54) is 12.1 Å². The van der Waals surface area contributed by atoms with Crippen LogP contribution in [0.15, 0.2) is 24.3 Å². The Balaban J connectivity index is 2.66. The summed E-state index contributed by atoms with van der Waals surface area (Å²) in [6.45, 7) is 0. The Morgan fingerprint density at radius 3 is 1.52 bits per heavy atom. The molecule has 0 aliphatic carbocycles. The van der Waals surface area contributed by atoms with Crippen LogP contribution in [0.3, 0.4) is 0 Å². The summed E-state index contributed by atoms with van der Waals surface area (Å²) in [5, 5.41) is 21.4. The van der Waals surface area contributed by atoms with Gasteiger partial charge in [0.05, 0.1) is 10.0 Å². The van der Waals surface area contributed by atoms with Crippen LogP contribution < -0.4 is 0 Å². The molecule has 0 spiro atoms. The molecule has 0 saturated heterocycles. The highest BCUT2D eigenvalue weighted by atomic mass is 35.5. The zero-order valence-corrected chi connectivity index (χ0v) is 14.8. The molecule has 2 aromatic carbocycles. The SMILES string of the molecule is Oc1c(Cl)cc(Cl)cc1C(CP)c1cc(Cl)cc(Cl)c1O. The van der Waals surface area contributed by atoms with Crippen molar-refractivity contribution < 1.29 is 10.2 Å². The maximum absolute atomic E-state index is 10.2. The highest BCUT2D eigenvalue weighted by Crippen LogP contribution is 2.44. The Bertz CT molecular complexity index is 634. The van der Waals surface area contributed by atoms with Crippen LogP contribution in [0.5, 0.6) is 11.5 Å². The lowest BCUT2D eigenvalue weighted by Crippen LogP contribution is -2.04. The largest absolute Gasteiger partial charge is 0.506 e. The lowest BCUT2D eigenvalue weighted by Gasteiger charge is -2.20. The first kappa shape index (κ1) is 17.0. The zero-order chi connectivity index (χ0) is 15.7. The third kappa shape index (κ3) is 3.52. The van der Waals surface area contributed by atoms with Crippen molar-refractivity contribution in [3.8, 4) is 11.5 Å². The molecule has 2 aromatic rings. The van der Waals surface area contributed by atoms with Gasteiger partial charge in [0.1, 0.15) is 11.5 Å². The van der Waals surface area contributed by atoms with E-state index >= 15 is 0 Å². The van der Waals surface area contributed by atoms with Crippen LogP contribution in [-0.4, -0.2) is 16.4 Å². The van der Waals surface area contributed by atoms with Gasteiger partial charge in [-0.25, -0.2) is 0 Å². The summed E-state index contributed by atoms with van der Waals surface area (Å²) in [5.41, 5.74) is 0.993. The summed E-state index contributed by atoms with van der Waals surface area (Å²) >= 11 is 23.9. The number of rotatable bonds is 3. The van der Waals surface area contributed by atoms with E-state index in [0.717, 1.165) is 0 Å². The number of hydrogen-bond donors (Lipinski definition) is 2. The average Bonchev–Trinajstić information content (AvgIpc) is 2.41. The first-order valence-corrected chi connectivity index (χ1v) is 8.23. The third-order valence-electron chi connectivity index (χ3n) is 3.10. The number of phenols is 2. The van der Waals surface area contributed by atoms with Gasteiger partial charge in [-0.2, -0.15) is 0 Å². The number of halogens is 4. The molecule has 1 unspecified atom stereocenters. The smallest absolute Gasteiger partial charge is 0.138 e. The summed E-state index contributed by atoms with van der Waals surface area (Å²) in [6.07, 6.45) is 0.508. The lowest BCUT2D eigenvalue weighted by atomic mass is 9.91. The second kappa shape index (κ2) is 6.81. The van der Waals surface area contributed by atoms with E-state index in [1.807, 2.05) is 0 Å². The number of aromatic hydroxyl groups is 2. The molecule has 0 fully saturated rings. The van der Waals surface area contributed by atoms with E-state index in [-0.39, 0.29) is 27.5 Å². The Morgan fingerprint density at radius 1 is 0.810 bits per heavy atom. The first-order chi connectivity index (χ1) is 9.85. The van der Waals surface area contributed by atoms with E-state index in [0.29, 0.717) is 27.3 Å². The fraction of sp³-hybridized carbons (Fsp3) is 0.143. The van der Waals surface area contributed by atoms with Crippen LogP contribution in [0.4, 0.5) is 0 Å². The lowest BCUT2D eigenvalue weighted by molar-refractivity contribution is 0.457. The fourth-order valence-corrected chi connectivity index (χ4v) is 3.65. The average molecular weight is 384 g/mol. The molecule has 112 valence electrons. The van der Waals surface area contributed by atoms with Crippen LogP contribution in [-0.2, 0) is 0 Å². The minimum absolute atomic E-state index is 0.0796. The van der Waals surface area contributed by atoms with Crippen molar-refractivity contribution in [3.05, 3.63) is 55.5 Å². The van der Waals surface area contributed by atoms with Crippen LogP contribution in [0.25, 0.3) is 0 Å². The summed E-state index contributed by atoms with van der Waals surface area (Å²) in [4.78, 5) is 0. The van der Waals surface area contributed by atoms with Crippen molar-refractivity contribution >= 4 is 55.6 Å². The molecule has 0 amide bonds. The van der Waals surface area contributed by atoms with Gasteiger partial charge in [0, 0.05) is 27.1 Å². The van der Waals surface area contributed by atoms with E-state index in [2.05, 4.69) is 9.24 Å². The molecule has 0 saturated carbocycles. The molecule has 0 aliphatic heterocycles. The topological polar surface area (TPSA) is 40.5 Å². The molecule has 0 aliphatic rings. The molecule has 7 heteroatoms. The fourth-order valence-electron chi connectivity index (χ4n) is 2.12. The van der Waals surface area contributed by atoms with Crippen molar-refractivity contribution in [1.82, 2.24) is 0 Å². The highest BCUT2D eigenvalue weighted by molar-refractivity contribution is 7.16. The second-order valence-corrected chi connectivity index (χ2v) is 6.60. The van der Waals surface area contributed by atoms with Crippen LogP contribution in [0, 0.1) is 0 Å². The molecular weight excluding hydrogens is 373 g/mol. The molecule has 0 aromatic heterocycles. The van der Waals surface area contributed by atoms with Gasteiger partial charge in [0.25, 0.3) is 0 Å². The van der Waals surface area contributed by atoms with E-state index in [1.54, 1.807) is 12.1 Å². The molecule has 0 radical (unpaired) electrons. The van der Waals surface area contributed by atoms with Crippen molar-refractivity contribution in [1.29, 1.82) is 0 Å². The maximum Gasteiger partial charge on any atom is 0.138 e. The Labute approximate surface area is 144 Å². The number of hydrogen-bond acceptors (Lipinski definition) is 2. The Hall–Kier alpha value is -0.370. The molecule has 21 heavy (non-hydrogen) atoms. The number of phenolic OH excluding ortho intramolecular Hbond substituents is 2. The monoisotopic (exact) mass is 382 g/mol. The van der Waals surface area contributed by atoms with Gasteiger partial charge < -0.3 is 10.2 Å². The molecule has 2 nitrogen and oxygen atoms in total. The van der Waals surface area contributed by atoms with Crippen LogP contribution in [0.1, 0.15) is 17.0 Å². The summed E-state index contributed by atoms with van der Waals surface area (Å²) in [5.74, 6) is -0.532. The summed E-state index contributed by atoms with van der Waals surface area (Å²) < 4.78 is 0. The van der Waals surface area contributed by atoms with Gasteiger partial charge in [-0.05, 0) is 30.4 Å². The van der Waals surface area contributed by atoms with Crippen molar-refractivity contribution in [2.75, 3.05) is 6.16 Å². The predicted molar refractivity (Wildman–Crippen MR) is 92.7 cm³/mol. The third-order valence-corrected chi connectivity index (χ3v) is 4.59. The summed E-state index contributed by atoms with van der Waals surface area (Å²) in [6, 6.07) is 6.11. The highest BCUT2D eigenvalue weighted by Gasteiger charge is 2.23. The summed E-state index contributed by atoms with van der Waals surface area (Å²) in [7, 11) is 2.55. The maximum atomic E-state index is 10.2. The molecule has 0 bridgehead atoms. The minimum Gasteiger partial charge on any atom is -0.506 e. The van der Waals surface area contributed by atoms with Gasteiger partial charge in [0.2, 0.25) is 0 Å². The second-order valence-electron chi connectivity index (χ2n) is 4.44. The molecule has 1 atom stereocenters. The van der Waals surface area contributed by atoms with Crippen LogP contribution >= 0.6 is 55.6 Å². The Kier molecular flexibility index (Phi) is 5.51. The predicted octanol–water partition coefficient (Wildman–Crippen LogP) is 5.72. The van der Waals surface area contributed by atoms with E-state index in [9.17, 15) is 10.2 Å². The molecule has 2 N–H and O–H groups in total. The van der Waals surface area contributed by atoms with Crippen LogP contribution in [0.2, 0.25) is 20.1 Å². The van der Waals surface area contributed by atoms with Crippen molar-refractivity contribution in [2.45, 2.75) is 5.92 Å². The number of benzene rings is 2. The van der Waals surface area contributed by atoms with Gasteiger partial charge in [-0.3, -0.25) is 0 Å². The van der Waals surface area contributed by atoms with Gasteiger partial charge >= 0.3 is 0 Å². The molecule has 0 heterocycles. The molecular formula is C14H11Cl4O2P. The standard InChI is InChI=1S/C14H11Cl4O2P/c15-6-1-8(13(19)11(17)3-6)10(5-21)9-2-7(16)4-12(18)14(9)20/h1-4,10,19-20H,5,21H2. The quantitative estimate of drug-likeness (QED) is 0.665. The van der Waals surface area contributed by atoms with Gasteiger partial charge in [0.15, 0.2) is 0 Å². The van der Waals surface area contributed by atoms with Crippen molar-refractivity contribution in [3.63, 3.8) is 0 Å². The zero-order valence-electron chi connectivity index (χ0n) is 10.6. The van der Waals surface area contributed by atoms with E-state index in [4.69, 9.17) is 46.4 Å². The van der Waals surface area contributed by atoms with E-state index < -0.39 is 0 Å². The molecule has 2 rings (SSSR count). The first-order valence-electron chi connectivity index (χ1n) is 5.91.